The number of rotatable bonds is 8. The number of anilines is 1. The maximum Gasteiger partial charge on any atom is 0.249 e. The summed E-state index contributed by atoms with van der Waals surface area (Å²) < 4.78 is 26.4. The van der Waals surface area contributed by atoms with Gasteiger partial charge in [0, 0.05) is 18.3 Å². The molecule has 4 aromatic carbocycles. The van der Waals surface area contributed by atoms with Gasteiger partial charge >= 0.3 is 0 Å². The Bertz CT molecular complexity index is 1670. The highest BCUT2D eigenvalue weighted by Gasteiger charge is 2.34. The number of ether oxygens (including phenoxy) is 2. The number of para-hydroxylation sites is 1. The van der Waals surface area contributed by atoms with Crippen LogP contribution in [0.4, 0.5) is 10.1 Å². The topological polar surface area (TPSA) is 98.6 Å². The van der Waals surface area contributed by atoms with E-state index >= 15 is 0 Å². The van der Waals surface area contributed by atoms with Crippen molar-refractivity contribution in [3.05, 3.63) is 114 Å². The quantitative estimate of drug-likeness (QED) is 0.315. The van der Waals surface area contributed by atoms with Crippen molar-refractivity contribution in [3.8, 4) is 11.5 Å². The summed E-state index contributed by atoms with van der Waals surface area (Å²) in [5.74, 6) is -0.347. The number of benzene rings is 4. The first-order valence-electron chi connectivity index (χ1n) is 12.6. The molecule has 200 valence electrons. The summed E-state index contributed by atoms with van der Waals surface area (Å²) in [7, 11) is 0. The molecular formula is C30H24FN5O4. The smallest absolute Gasteiger partial charge is 0.249 e. The fraction of sp³-hybridized carbons (Fsp3) is 0.133. The van der Waals surface area contributed by atoms with Crippen LogP contribution in [0, 0.1) is 5.82 Å². The van der Waals surface area contributed by atoms with Crippen molar-refractivity contribution in [2.24, 2.45) is 0 Å². The number of carbonyl (C=O) groups is 2. The number of nitrogens with one attached hydrogen (secondary N) is 1. The first kappa shape index (κ1) is 25.1. The predicted molar refractivity (Wildman–Crippen MR) is 145 cm³/mol. The Labute approximate surface area is 228 Å². The Morgan fingerprint density at radius 3 is 2.50 bits per heavy atom. The molecule has 5 aromatic rings. The average molecular weight is 538 g/mol. The molecule has 2 heterocycles. The monoisotopic (exact) mass is 537 g/mol. The number of fused-ring (bicyclic) bond motifs is 2. The van der Waals surface area contributed by atoms with Crippen LogP contribution in [-0.2, 0) is 22.7 Å². The lowest BCUT2D eigenvalue weighted by Crippen LogP contribution is -2.45. The summed E-state index contributed by atoms with van der Waals surface area (Å²) >= 11 is 0. The first-order chi connectivity index (χ1) is 19.6. The third kappa shape index (κ3) is 5.06. The van der Waals surface area contributed by atoms with Crippen molar-refractivity contribution in [2.75, 3.05) is 11.7 Å². The second-order valence-corrected chi connectivity index (χ2v) is 9.19. The molecule has 0 fully saturated rings. The number of hydrogen-bond donors (Lipinski definition) is 1. The highest BCUT2D eigenvalue weighted by Crippen LogP contribution is 2.38. The van der Waals surface area contributed by atoms with Crippen molar-refractivity contribution in [1.29, 1.82) is 0 Å². The molecule has 10 heteroatoms. The Kier molecular flexibility index (Phi) is 6.80. The molecule has 1 aliphatic rings. The van der Waals surface area contributed by atoms with E-state index in [0.717, 1.165) is 5.56 Å². The van der Waals surface area contributed by atoms with Gasteiger partial charge in [-0.3, -0.25) is 14.5 Å². The van der Waals surface area contributed by atoms with Crippen LogP contribution in [0.25, 0.3) is 11.0 Å². The van der Waals surface area contributed by atoms with Crippen LogP contribution in [0.3, 0.4) is 0 Å². The maximum absolute atomic E-state index is 14.1. The van der Waals surface area contributed by atoms with Gasteiger partial charge in [-0.25, -0.2) is 9.07 Å². The van der Waals surface area contributed by atoms with Gasteiger partial charge in [-0.05, 0) is 47.5 Å². The number of amides is 2. The minimum atomic E-state index is -1.13. The van der Waals surface area contributed by atoms with Crippen LogP contribution >= 0.6 is 0 Å². The molecule has 0 radical (unpaired) electrons. The van der Waals surface area contributed by atoms with Crippen molar-refractivity contribution >= 4 is 28.5 Å². The maximum atomic E-state index is 14.1. The minimum Gasteiger partial charge on any atom is -0.454 e. The Morgan fingerprint density at radius 2 is 1.68 bits per heavy atom. The number of aromatic nitrogens is 3. The van der Waals surface area contributed by atoms with Crippen LogP contribution in [0.15, 0.2) is 97.1 Å². The van der Waals surface area contributed by atoms with E-state index in [4.69, 9.17) is 9.47 Å². The molecule has 2 amide bonds. The molecule has 0 unspecified atom stereocenters. The normalized spacial score (nSPS) is 12.7. The van der Waals surface area contributed by atoms with Crippen molar-refractivity contribution < 1.29 is 23.5 Å². The lowest BCUT2D eigenvalue weighted by molar-refractivity contribution is -0.127. The molecule has 6 rings (SSSR count). The van der Waals surface area contributed by atoms with Gasteiger partial charge in [0.05, 0.1) is 5.52 Å². The predicted octanol–water partition coefficient (Wildman–Crippen LogP) is 4.39. The lowest BCUT2D eigenvalue weighted by Gasteiger charge is -2.31. The van der Waals surface area contributed by atoms with Crippen LogP contribution in [0.2, 0.25) is 0 Å². The molecular weight excluding hydrogens is 513 g/mol. The summed E-state index contributed by atoms with van der Waals surface area (Å²) in [4.78, 5) is 29.4. The van der Waals surface area contributed by atoms with Gasteiger partial charge in [-0.2, -0.15) is 0 Å². The lowest BCUT2D eigenvalue weighted by atomic mass is 10.0. The van der Waals surface area contributed by atoms with Gasteiger partial charge < -0.3 is 14.8 Å². The van der Waals surface area contributed by atoms with E-state index < -0.39 is 23.7 Å². The Balaban J connectivity index is 1.41. The van der Waals surface area contributed by atoms with E-state index in [2.05, 4.69) is 15.6 Å². The first-order valence-corrected chi connectivity index (χ1v) is 12.6. The van der Waals surface area contributed by atoms with Crippen molar-refractivity contribution in [3.63, 3.8) is 0 Å². The van der Waals surface area contributed by atoms with Crippen molar-refractivity contribution in [1.82, 2.24) is 20.3 Å². The fourth-order valence-electron chi connectivity index (χ4n) is 4.66. The zero-order chi connectivity index (χ0) is 27.5. The van der Waals surface area contributed by atoms with Crippen LogP contribution in [-0.4, -0.2) is 33.6 Å². The van der Waals surface area contributed by atoms with Crippen molar-refractivity contribution in [2.45, 2.75) is 19.1 Å². The molecule has 9 nitrogen and oxygen atoms in total. The number of halogens is 1. The largest absolute Gasteiger partial charge is 0.454 e. The Morgan fingerprint density at radius 1 is 0.925 bits per heavy atom. The summed E-state index contributed by atoms with van der Waals surface area (Å²) in [6.45, 7) is 0.101. The molecule has 1 aromatic heterocycles. The van der Waals surface area contributed by atoms with E-state index in [1.54, 1.807) is 24.3 Å². The standard InChI is InChI=1S/C30H24FN5O4/c31-22-12-10-21(11-13-22)29(30(38)32-17-20-6-2-1-3-7-20)36(23-14-15-26-27(16-23)40-19-39-26)28(37)18-35-25-9-5-4-8-24(25)33-34-35/h1-16,29H,17-19H2,(H,32,38)/t29-/m1/s1. The average Bonchev–Trinajstić information content (AvgIpc) is 3.62. The van der Waals surface area contributed by atoms with Crippen LogP contribution in [0.1, 0.15) is 17.2 Å². The minimum absolute atomic E-state index is 0.0522. The molecule has 0 bridgehead atoms. The zero-order valence-corrected chi connectivity index (χ0v) is 21.2. The molecule has 0 spiro atoms. The van der Waals surface area contributed by atoms with E-state index in [1.165, 1.54) is 33.8 Å². The molecule has 40 heavy (non-hydrogen) atoms. The third-order valence-electron chi connectivity index (χ3n) is 6.61. The number of carbonyl (C=O) groups excluding carboxylic acids is 2. The number of hydrogen-bond acceptors (Lipinski definition) is 6. The molecule has 1 aliphatic heterocycles. The third-order valence-corrected chi connectivity index (χ3v) is 6.61. The van der Waals surface area contributed by atoms with Gasteiger partial charge in [0.25, 0.3) is 0 Å². The van der Waals surface area contributed by atoms with Gasteiger partial charge in [-0.15, -0.1) is 5.10 Å². The fourth-order valence-corrected chi connectivity index (χ4v) is 4.66. The Hall–Kier alpha value is -5.25. The van der Waals surface area contributed by atoms with Crippen LogP contribution in [0.5, 0.6) is 11.5 Å². The summed E-state index contributed by atoms with van der Waals surface area (Å²) in [5.41, 5.74) is 3.04. The second-order valence-electron chi connectivity index (χ2n) is 9.19. The van der Waals surface area contributed by atoms with Gasteiger partial charge in [-0.1, -0.05) is 59.8 Å². The summed E-state index contributed by atoms with van der Waals surface area (Å²) in [6, 6.07) is 26.1. The van der Waals surface area contributed by atoms with E-state index in [1.807, 2.05) is 48.5 Å². The highest BCUT2D eigenvalue weighted by atomic mass is 19.1. The van der Waals surface area contributed by atoms with E-state index in [9.17, 15) is 14.0 Å². The SMILES string of the molecule is O=C(NCc1ccccc1)[C@@H](c1ccc(F)cc1)N(C(=O)Cn1nnc2ccccc21)c1ccc2c(c1)OCO2. The summed E-state index contributed by atoms with van der Waals surface area (Å²) in [6.07, 6.45) is 0. The second kappa shape index (κ2) is 10.9. The van der Waals surface area contributed by atoms with E-state index in [0.29, 0.717) is 33.8 Å². The molecule has 1 atom stereocenters. The van der Waals surface area contributed by atoms with Crippen LogP contribution < -0.4 is 19.7 Å². The molecule has 1 N–H and O–H groups in total. The number of nitrogens with zero attached hydrogens (tertiary/aromatic N) is 4. The van der Waals surface area contributed by atoms with Gasteiger partial charge in [0.1, 0.15) is 23.9 Å². The molecule has 0 saturated carbocycles. The van der Waals surface area contributed by atoms with Gasteiger partial charge in [0.2, 0.25) is 18.6 Å². The molecule has 0 aliphatic carbocycles. The van der Waals surface area contributed by atoms with Gasteiger partial charge in [0.15, 0.2) is 11.5 Å². The summed E-state index contributed by atoms with van der Waals surface area (Å²) in [5, 5.41) is 11.2. The van der Waals surface area contributed by atoms with E-state index in [-0.39, 0.29) is 19.9 Å². The molecule has 0 saturated heterocycles. The zero-order valence-electron chi connectivity index (χ0n) is 21.2. The highest BCUT2D eigenvalue weighted by molar-refractivity contribution is 6.01.